The number of rotatable bonds is 2. The van der Waals surface area contributed by atoms with Crippen LogP contribution in [0.1, 0.15) is 5.56 Å². The van der Waals surface area contributed by atoms with E-state index in [0.29, 0.717) is 0 Å². The van der Waals surface area contributed by atoms with Gasteiger partial charge in [0.25, 0.3) is 0 Å². The van der Waals surface area contributed by atoms with E-state index in [9.17, 15) is 4.79 Å². The monoisotopic (exact) mass is 266 g/mol. The first-order valence-electron chi connectivity index (χ1n) is 4.60. The van der Waals surface area contributed by atoms with Crippen molar-refractivity contribution in [3.05, 3.63) is 34.4 Å². The summed E-state index contributed by atoms with van der Waals surface area (Å²) in [5, 5.41) is 1.07. The van der Waals surface area contributed by atoms with E-state index in [2.05, 4.69) is 15.9 Å². The number of carbonyl (C=O) groups is 1. The lowest BCUT2D eigenvalue weighted by Crippen LogP contribution is -2.13. The first kappa shape index (κ1) is 10.2. The first-order chi connectivity index (χ1) is 7.09. The van der Waals surface area contributed by atoms with Crippen LogP contribution in [0.2, 0.25) is 0 Å². The highest BCUT2D eigenvalue weighted by Gasteiger charge is 2.10. The molecule has 1 heterocycles. The Labute approximate surface area is 96.0 Å². The van der Waals surface area contributed by atoms with E-state index in [4.69, 9.17) is 5.73 Å². The molecule has 0 atom stereocenters. The van der Waals surface area contributed by atoms with Crippen LogP contribution in [-0.4, -0.2) is 10.5 Å². The highest BCUT2D eigenvalue weighted by atomic mass is 79.9. The van der Waals surface area contributed by atoms with E-state index in [-0.39, 0.29) is 12.3 Å². The number of amides is 1. The van der Waals surface area contributed by atoms with Crippen LogP contribution in [0.5, 0.6) is 0 Å². The van der Waals surface area contributed by atoms with Crippen LogP contribution in [0.15, 0.2) is 28.9 Å². The highest BCUT2D eigenvalue weighted by molar-refractivity contribution is 9.10. The van der Waals surface area contributed by atoms with Gasteiger partial charge in [-0.25, -0.2) is 0 Å². The van der Waals surface area contributed by atoms with E-state index in [0.717, 1.165) is 20.9 Å². The van der Waals surface area contributed by atoms with Crippen molar-refractivity contribution in [2.45, 2.75) is 6.42 Å². The lowest BCUT2D eigenvalue weighted by atomic mass is 10.1. The largest absolute Gasteiger partial charge is 0.369 e. The first-order valence-corrected chi connectivity index (χ1v) is 5.39. The Bertz CT molecular complexity index is 531. The standard InChI is InChI=1S/C11H11BrN2O/c1-14-6-7(5-10(13)15)8-3-2-4-9(12)11(8)14/h2-4,6H,5H2,1H3,(H2,13,15). The third-order valence-corrected chi connectivity index (χ3v) is 3.04. The summed E-state index contributed by atoms with van der Waals surface area (Å²) in [6.07, 6.45) is 2.23. The Morgan fingerprint density at radius 2 is 2.27 bits per heavy atom. The Balaban J connectivity index is 2.68. The van der Waals surface area contributed by atoms with Gasteiger partial charge in [-0.15, -0.1) is 0 Å². The summed E-state index contributed by atoms with van der Waals surface area (Å²) in [7, 11) is 1.96. The molecule has 0 aliphatic carbocycles. The summed E-state index contributed by atoms with van der Waals surface area (Å²) in [4.78, 5) is 10.9. The molecule has 15 heavy (non-hydrogen) atoms. The Morgan fingerprint density at radius 1 is 1.53 bits per heavy atom. The molecule has 1 amide bonds. The number of hydrogen-bond acceptors (Lipinski definition) is 1. The van der Waals surface area contributed by atoms with E-state index >= 15 is 0 Å². The molecule has 2 rings (SSSR count). The van der Waals surface area contributed by atoms with Gasteiger partial charge in [0.05, 0.1) is 11.9 Å². The van der Waals surface area contributed by atoms with Crippen LogP contribution >= 0.6 is 15.9 Å². The van der Waals surface area contributed by atoms with Crippen molar-refractivity contribution in [2.24, 2.45) is 12.8 Å². The van der Waals surface area contributed by atoms with Crippen LogP contribution in [0, 0.1) is 0 Å². The fraction of sp³-hybridized carbons (Fsp3) is 0.182. The summed E-state index contributed by atoms with van der Waals surface area (Å²) in [6, 6.07) is 5.94. The zero-order chi connectivity index (χ0) is 11.0. The van der Waals surface area contributed by atoms with E-state index < -0.39 is 0 Å². The minimum atomic E-state index is -0.303. The highest BCUT2D eigenvalue weighted by Crippen LogP contribution is 2.27. The molecular weight excluding hydrogens is 256 g/mol. The number of aryl methyl sites for hydroxylation is 1. The number of nitrogens with zero attached hydrogens (tertiary/aromatic N) is 1. The van der Waals surface area contributed by atoms with E-state index in [1.165, 1.54) is 0 Å². The molecule has 0 aliphatic heterocycles. The van der Waals surface area contributed by atoms with Gasteiger partial charge in [0.1, 0.15) is 0 Å². The van der Waals surface area contributed by atoms with Crippen LogP contribution in [0.3, 0.4) is 0 Å². The average molecular weight is 267 g/mol. The molecule has 0 radical (unpaired) electrons. The Hall–Kier alpha value is -1.29. The zero-order valence-corrected chi connectivity index (χ0v) is 9.91. The van der Waals surface area contributed by atoms with E-state index in [1.807, 2.05) is 36.0 Å². The molecule has 0 saturated carbocycles. The number of nitrogens with two attached hydrogens (primary N) is 1. The second-order valence-corrected chi connectivity index (χ2v) is 4.40. The third kappa shape index (κ3) is 1.77. The number of benzene rings is 1. The molecule has 3 nitrogen and oxygen atoms in total. The molecule has 2 N–H and O–H groups in total. The van der Waals surface area contributed by atoms with Crippen molar-refractivity contribution in [1.29, 1.82) is 0 Å². The van der Waals surface area contributed by atoms with Crippen molar-refractivity contribution in [2.75, 3.05) is 0 Å². The SMILES string of the molecule is Cn1cc(CC(N)=O)c2cccc(Br)c21. The van der Waals surface area contributed by atoms with Gasteiger partial charge in [0, 0.05) is 23.1 Å². The molecule has 0 bridgehead atoms. The second-order valence-electron chi connectivity index (χ2n) is 3.54. The molecule has 0 spiro atoms. The van der Waals surface area contributed by atoms with Gasteiger partial charge in [0.15, 0.2) is 0 Å². The molecule has 0 fully saturated rings. The van der Waals surface area contributed by atoms with E-state index in [1.54, 1.807) is 0 Å². The number of halogens is 1. The van der Waals surface area contributed by atoms with Gasteiger partial charge in [0.2, 0.25) is 5.91 Å². The smallest absolute Gasteiger partial charge is 0.221 e. The topological polar surface area (TPSA) is 48.0 Å². The van der Waals surface area contributed by atoms with Crippen molar-refractivity contribution in [3.63, 3.8) is 0 Å². The number of primary amides is 1. The van der Waals surface area contributed by atoms with Gasteiger partial charge < -0.3 is 10.3 Å². The molecule has 0 aliphatic rings. The summed E-state index contributed by atoms with van der Waals surface area (Å²) in [6.45, 7) is 0. The second kappa shape index (κ2) is 3.70. The Kier molecular flexibility index (Phi) is 2.52. The van der Waals surface area contributed by atoms with Crippen molar-refractivity contribution in [3.8, 4) is 0 Å². The number of carbonyl (C=O) groups excluding carboxylic acids is 1. The van der Waals surface area contributed by atoms with Crippen LogP contribution in [0.4, 0.5) is 0 Å². The predicted octanol–water partition coefficient (Wildman–Crippen LogP) is 1.97. The predicted molar refractivity (Wildman–Crippen MR) is 63.5 cm³/mol. The normalized spacial score (nSPS) is 10.8. The lowest BCUT2D eigenvalue weighted by Gasteiger charge is -1.98. The maximum atomic E-state index is 10.9. The quantitative estimate of drug-likeness (QED) is 0.888. The molecule has 0 unspecified atom stereocenters. The van der Waals surface area contributed by atoms with Gasteiger partial charge in [-0.05, 0) is 27.6 Å². The summed E-state index contributed by atoms with van der Waals surface area (Å²) in [5.41, 5.74) is 7.27. The fourth-order valence-corrected chi connectivity index (χ4v) is 2.48. The van der Waals surface area contributed by atoms with Gasteiger partial charge >= 0.3 is 0 Å². The fourth-order valence-electron chi connectivity index (χ4n) is 1.83. The van der Waals surface area contributed by atoms with Crippen molar-refractivity contribution < 1.29 is 4.79 Å². The van der Waals surface area contributed by atoms with Gasteiger partial charge in [-0.2, -0.15) is 0 Å². The molecule has 0 saturated heterocycles. The van der Waals surface area contributed by atoms with Gasteiger partial charge in [-0.3, -0.25) is 4.79 Å². The molecule has 2 aromatic rings. The summed E-state index contributed by atoms with van der Waals surface area (Å²) < 4.78 is 3.02. The molecule has 1 aromatic heterocycles. The number of fused-ring (bicyclic) bond motifs is 1. The van der Waals surface area contributed by atoms with Gasteiger partial charge in [-0.1, -0.05) is 12.1 Å². The minimum absolute atomic E-state index is 0.286. The zero-order valence-electron chi connectivity index (χ0n) is 8.33. The average Bonchev–Trinajstić information content (AvgIpc) is 2.44. The molecule has 1 aromatic carbocycles. The maximum absolute atomic E-state index is 10.9. The minimum Gasteiger partial charge on any atom is -0.369 e. The maximum Gasteiger partial charge on any atom is 0.221 e. The number of para-hydroxylation sites is 1. The summed E-state index contributed by atoms with van der Waals surface area (Å²) in [5.74, 6) is -0.303. The number of hydrogen-bond donors (Lipinski definition) is 1. The van der Waals surface area contributed by atoms with Crippen LogP contribution < -0.4 is 5.73 Å². The molecule has 78 valence electrons. The van der Waals surface area contributed by atoms with Crippen LogP contribution in [-0.2, 0) is 18.3 Å². The Morgan fingerprint density at radius 3 is 2.93 bits per heavy atom. The molecular formula is C11H11BrN2O. The third-order valence-electron chi connectivity index (χ3n) is 2.40. The van der Waals surface area contributed by atoms with Crippen LogP contribution in [0.25, 0.3) is 10.9 Å². The summed E-state index contributed by atoms with van der Waals surface area (Å²) >= 11 is 3.49. The number of aromatic nitrogens is 1. The molecule has 4 heteroatoms. The lowest BCUT2D eigenvalue weighted by molar-refractivity contribution is -0.117. The van der Waals surface area contributed by atoms with Crippen molar-refractivity contribution in [1.82, 2.24) is 4.57 Å². The van der Waals surface area contributed by atoms with Crippen molar-refractivity contribution >= 4 is 32.7 Å².